The Hall–Kier alpha value is -1.95. The smallest absolute Gasteiger partial charge is 0.261 e. The van der Waals surface area contributed by atoms with Crippen LogP contribution in [-0.4, -0.2) is 24.0 Å². The lowest BCUT2D eigenvalue weighted by atomic mass is 9.46. The van der Waals surface area contributed by atoms with E-state index in [9.17, 15) is 9.59 Å². The third-order valence-electron chi connectivity index (χ3n) is 9.89. The van der Waals surface area contributed by atoms with E-state index in [0.29, 0.717) is 24.2 Å². The van der Waals surface area contributed by atoms with Crippen LogP contribution in [0.15, 0.2) is 34.3 Å². The minimum atomic E-state index is -0.141. The number of fused-ring (bicyclic) bond motifs is 5. The van der Waals surface area contributed by atoms with Gasteiger partial charge in [-0.2, -0.15) is 0 Å². The number of carbonyl (C=O) groups is 2. The molecule has 184 valence electrons. The predicted molar refractivity (Wildman–Crippen MR) is 135 cm³/mol. The summed E-state index contributed by atoms with van der Waals surface area (Å²) in [5, 5.41) is 9.21. The minimum Gasteiger partial charge on any atom is -0.385 e. The highest BCUT2D eigenvalue weighted by atomic mass is 32.1. The first-order valence-electron chi connectivity index (χ1n) is 13.0. The number of allylic oxidation sites excluding steroid dienone is 2. The Morgan fingerprint density at radius 3 is 2.76 bits per heavy atom. The Labute approximate surface area is 207 Å². The van der Waals surface area contributed by atoms with Gasteiger partial charge >= 0.3 is 0 Å². The van der Waals surface area contributed by atoms with Crippen molar-refractivity contribution >= 4 is 28.7 Å². The lowest BCUT2D eigenvalue weighted by Crippen LogP contribution is -2.51. The van der Waals surface area contributed by atoms with E-state index in [1.807, 2.05) is 24.4 Å². The van der Waals surface area contributed by atoms with Gasteiger partial charge in [0.05, 0.1) is 12.3 Å². The number of oxime groups is 1. The van der Waals surface area contributed by atoms with E-state index < -0.39 is 0 Å². The van der Waals surface area contributed by atoms with Gasteiger partial charge in [0, 0.05) is 10.8 Å². The second-order valence-corrected chi connectivity index (χ2v) is 12.5. The van der Waals surface area contributed by atoms with Crippen molar-refractivity contribution in [3.63, 3.8) is 0 Å². The summed E-state index contributed by atoms with van der Waals surface area (Å²) >= 11 is 1.63. The monoisotopic (exact) mass is 482 g/mol. The number of Topliss-reactive ketones (excluding diaryl/α,β-unsaturated/α-hetero) is 1. The lowest BCUT2D eigenvalue weighted by molar-refractivity contribution is -0.128. The first kappa shape index (κ1) is 23.8. The highest BCUT2D eigenvalue weighted by Gasteiger charge is 2.59. The van der Waals surface area contributed by atoms with Gasteiger partial charge in [-0.15, -0.1) is 11.3 Å². The zero-order valence-electron chi connectivity index (χ0n) is 20.8. The lowest BCUT2D eigenvalue weighted by Gasteiger charge is -2.58. The maximum atomic E-state index is 12.4. The number of thiophene rings is 1. The molecule has 0 saturated heterocycles. The van der Waals surface area contributed by atoms with Crippen molar-refractivity contribution in [2.45, 2.75) is 78.7 Å². The van der Waals surface area contributed by atoms with Crippen LogP contribution in [0, 0.1) is 34.5 Å². The van der Waals surface area contributed by atoms with Crippen LogP contribution in [0.5, 0.6) is 0 Å². The molecule has 0 unspecified atom stereocenters. The van der Waals surface area contributed by atoms with Gasteiger partial charge in [0.15, 0.2) is 6.61 Å². The zero-order chi connectivity index (χ0) is 23.9. The number of nitrogens with zero attached hydrogens (tertiary/aromatic N) is 1. The summed E-state index contributed by atoms with van der Waals surface area (Å²) < 4.78 is 0. The third kappa shape index (κ3) is 4.16. The highest BCUT2D eigenvalue weighted by molar-refractivity contribution is 7.09. The maximum Gasteiger partial charge on any atom is 0.261 e. The summed E-state index contributed by atoms with van der Waals surface area (Å²) in [5.41, 5.74) is 2.93. The van der Waals surface area contributed by atoms with Gasteiger partial charge in [-0.25, -0.2) is 0 Å². The van der Waals surface area contributed by atoms with Gasteiger partial charge in [-0.3, -0.25) is 9.59 Å². The largest absolute Gasteiger partial charge is 0.385 e. The van der Waals surface area contributed by atoms with Crippen molar-refractivity contribution in [2.24, 2.45) is 39.7 Å². The molecule has 5 nitrogen and oxygen atoms in total. The molecule has 6 heteroatoms. The zero-order valence-corrected chi connectivity index (χ0v) is 21.6. The highest BCUT2D eigenvalue weighted by Crippen LogP contribution is 2.66. The fourth-order valence-corrected chi connectivity index (χ4v) is 8.78. The van der Waals surface area contributed by atoms with Crippen LogP contribution in [0.3, 0.4) is 0 Å². The van der Waals surface area contributed by atoms with Crippen molar-refractivity contribution < 1.29 is 14.4 Å². The summed E-state index contributed by atoms with van der Waals surface area (Å²) in [6, 6.07) is 3.99. The maximum absolute atomic E-state index is 12.4. The van der Waals surface area contributed by atoms with E-state index >= 15 is 0 Å². The van der Waals surface area contributed by atoms with Crippen LogP contribution in [0.2, 0.25) is 0 Å². The van der Waals surface area contributed by atoms with E-state index in [4.69, 9.17) is 4.84 Å². The minimum absolute atomic E-state index is 0.0441. The number of hydrogen-bond acceptors (Lipinski definition) is 5. The molecule has 0 spiro atoms. The van der Waals surface area contributed by atoms with Crippen LogP contribution in [0.25, 0.3) is 0 Å². The molecule has 0 radical (unpaired) electrons. The van der Waals surface area contributed by atoms with E-state index in [2.05, 4.69) is 30.4 Å². The molecule has 1 N–H and O–H groups in total. The Balaban J connectivity index is 1.21. The fraction of sp³-hybridized carbons (Fsp3) is 0.679. The van der Waals surface area contributed by atoms with Gasteiger partial charge in [-0.05, 0) is 104 Å². The summed E-state index contributed by atoms with van der Waals surface area (Å²) in [4.78, 5) is 31.0. The Morgan fingerprint density at radius 1 is 1.15 bits per heavy atom. The normalized spacial score (nSPS) is 37.9. The third-order valence-corrected chi connectivity index (χ3v) is 10.8. The fourth-order valence-electron chi connectivity index (χ4n) is 8.13. The van der Waals surface area contributed by atoms with Crippen LogP contribution in [0.4, 0.5) is 0 Å². The molecule has 0 aliphatic heterocycles. The van der Waals surface area contributed by atoms with Gasteiger partial charge in [0.25, 0.3) is 5.91 Å². The van der Waals surface area contributed by atoms with Crippen LogP contribution in [-0.2, 0) is 21.0 Å². The van der Waals surface area contributed by atoms with Gasteiger partial charge in [-0.1, -0.05) is 30.6 Å². The number of rotatable bonds is 6. The van der Waals surface area contributed by atoms with E-state index in [-0.39, 0.29) is 29.3 Å². The van der Waals surface area contributed by atoms with Gasteiger partial charge in [0.1, 0.15) is 5.78 Å². The molecule has 3 saturated carbocycles. The summed E-state index contributed by atoms with van der Waals surface area (Å²) in [6.45, 7) is 7.20. The molecule has 0 bridgehead atoms. The Bertz CT molecular complexity index is 999. The van der Waals surface area contributed by atoms with Crippen molar-refractivity contribution in [3.05, 3.63) is 34.0 Å². The van der Waals surface area contributed by atoms with Crippen LogP contribution >= 0.6 is 11.3 Å². The van der Waals surface area contributed by atoms with Gasteiger partial charge < -0.3 is 10.2 Å². The first-order chi connectivity index (χ1) is 16.3. The molecule has 1 amide bonds. The average Bonchev–Trinajstić information content (AvgIpc) is 3.45. The Morgan fingerprint density at radius 2 is 2.00 bits per heavy atom. The molecule has 1 aromatic rings. The SMILES string of the molecule is CC(=O)[C@@H]1CC[C@H]2[C@H]3CCC4=CC(=NOCC(=O)NCc5cccs5)CC[C@]4(C)[C@H]3CC[C@]12C. The molecule has 1 heterocycles. The second-order valence-electron chi connectivity index (χ2n) is 11.5. The molecule has 4 aliphatic rings. The van der Waals surface area contributed by atoms with E-state index in [1.54, 1.807) is 11.3 Å². The molecule has 1 aromatic heterocycles. The predicted octanol–water partition coefficient (Wildman–Crippen LogP) is 5.90. The molecule has 6 atom stereocenters. The first-order valence-corrected chi connectivity index (χ1v) is 13.9. The van der Waals surface area contributed by atoms with Crippen molar-refractivity contribution in [3.8, 4) is 0 Å². The molecular weight excluding hydrogens is 444 g/mol. The van der Waals surface area contributed by atoms with E-state index in [1.165, 1.54) is 31.3 Å². The molecule has 3 fully saturated rings. The quantitative estimate of drug-likeness (QED) is 0.513. The average molecular weight is 483 g/mol. The summed E-state index contributed by atoms with van der Waals surface area (Å²) in [5.74, 6) is 2.69. The van der Waals surface area contributed by atoms with Crippen LogP contribution < -0.4 is 5.32 Å². The van der Waals surface area contributed by atoms with E-state index in [0.717, 1.165) is 42.2 Å². The van der Waals surface area contributed by atoms with Crippen molar-refractivity contribution in [1.29, 1.82) is 0 Å². The number of carbonyl (C=O) groups excluding carboxylic acids is 2. The topological polar surface area (TPSA) is 67.8 Å². The number of nitrogens with one attached hydrogen (secondary N) is 1. The number of ketones is 1. The molecular formula is C28H38N2O3S. The second kappa shape index (κ2) is 9.25. The van der Waals surface area contributed by atoms with Crippen LogP contribution in [0.1, 0.15) is 77.0 Å². The summed E-state index contributed by atoms with van der Waals surface area (Å²) in [6.07, 6.45) is 11.4. The van der Waals surface area contributed by atoms with Crippen molar-refractivity contribution in [2.75, 3.05) is 6.61 Å². The standard InChI is InChI=1S/C28H38N2O3S/c1-18(31)23-8-9-24-22-7-6-19-15-20(10-12-27(19,2)25(22)11-13-28(23,24)3)30-33-17-26(32)29-16-21-5-4-14-34-21/h4-5,14-15,22-25H,6-13,16-17H2,1-3H3,(H,29,32)/t22-,23+,24+,25+,27+,28-/m1/s1. The van der Waals surface area contributed by atoms with Crippen molar-refractivity contribution in [1.82, 2.24) is 5.32 Å². The Kier molecular flexibility index (Phi) is 6.47. The molecule has 5 rings (SSSR count). The number of amides is 1. The summed E-state index contributed by atoms with van der Waals surface area (Å²) in [7, 11) is 0. The molecule has 4 aliphatic carbocycles. The molecule has 34 heavy (non-hydrogen) atoms. The number of hydrogen-bond donors (Lipinski definition) is 1. The molecule has 0 aromatic carbocycles. The van der Waals surface area contributed by atoms with Gasteiger partial charge in [0.2, 0.25) is 0 Å².